The summed E-state index contributed by atoms with van der Waals surface area (Å²) in [5.41, 5.74) is 6.34. The fourth-order valence-electron chi connectivity index (χ4n) is 3.88. The SMILES string of the molecule is Cc1nc2c(cc1C#N)CCC[C@H]2Nc1ccc2[nH]nc(-c3cnco3)c2c1. The van der Waals surface area contributed by atoms with E-state index < -0.39 is 0 Å². The molecular weight excluding hydrogens is 352 g/mol. The maximum atomic E-state index is 9.28. The van der Waals surface area contributed by atoms with Crippen LogP contribution in [-0.4, -0.2) is 20.2 Å². The summed E-state index contributed by atoms with van der Waals surface area (Å²) < 4.78 is 5.41. The standard InChI is InChI=1S/C21H18N6O/c1-12-14(9-22)7-13-3-2-4-18(20(13)24-12)25-15-5-6-17-16(8-15)21(27-26-17)19-10-23-11-28-19/h5-8,10-11,18,25H,2-4H2,1H3,(H,26,27)/t18-/m1/s1. The minimum atomic E-state index is 0.119. The fraction of sp³-hybridized carbons (Fsp3) is 0.238. The summed E-state index contributed by atoms with van der Waals surface area (Å²) in [4.78, 5) is 8.73. The molecule has 0 saturated heterocycles. The van der Waals surface area contributed by atoms with Crippen LogP contribution in [0.1, 0.15) is 41.4 Å². The first-order valence-electron chi connectivity index (χ1n) is 9.27. The van der Waals surface area contributed by atoms with Gasteiger partial charge in [0.2, 0.25) is 0 Å². The summed E-state index contributed by atoms with van der Waals surface area (Å²) in [6, 6.07) is 10.5. The number of oxazole rings is 1. The number of fused-ring (bicyclic) bond motifs is 2. The number of aryl methyl sites for hydroxylation is 2. The Labute approximate surface area is 161 Å². The highest BCUT2D eigenvalue weighted by Crippen LogP contribution is 2.34. The van der Waals surface area contributed by atoms with Gasteiger partial charge in [0, 0.05) is 11.1 Å². The average molecular weight is 370 g/mol. The molecule has 0 bridgehead atoms. The Morgan fingerprint density at radius 1 is 1.32 bits per heavy atom. The number of rotatable bonds is 3. The molecule has 28 heavy (non-hydrogen) atoms. The highest BCUT2D eigenvalue weighted by Gasteiger charge is 2.23. The molecule has 1 atom stereocenters. The number of hydrogen-bond donors (Lipinski definition) is 2. The van der Waals surface area contributed by atoms with Gasteiger partial charge in [-0.3, -0.25) is 10.1 Å². The van der Waals surface area contributed by atoms with E-state index in [1.54, 1.807) is 6.20 Å². The van der Waals surface area contributed by atoms with E-state index in [-0.39, 0.29) is 6.04 Å². The van der Waals surface area contributed by atoms with E-state index in [4.69, 9.17) is 9.40 Å². The van der Waals surface area contributed by atoms with Gasteiger partial charge in [-0.1, -0.05) is 0 Å². The van der Waals surface area contributed by atoms with Crippen LogP contribution in [0.25, 0.3) is 22.4 Å². The van der Waals surface area contributed by atoms with Crippen LogP contribution in [0.3, 0.4) is 0 Å². The van der Waals surface area contributed by atoms with Crippen LogP contribution < -0.4 is 5.32 Å². The maximum Gasteiger partial charge on any atom is 0.181 e. The third-order valence-corrected chi connectivity index (χ3v) is 5.28. The van der Waals surface area contributed by atoms with E-state index in [1.165, 1.54) is 6.39 Å². The summed E-state index contributed by atoms with van der Waals surface area (Å²) in [6.07, 6.45) is 6.10. The minimum absolute atomic E-state index is 0.119. The number of hydrogen-bond acceptors (Lipinski definition) is 6. The second-order valence-corrected chi connectivity index (χ2v) is 7.06. The van der Waals surface area contributed by atoms with Crippen molar-refractivity contribution in [1.82, 2.24) is 20.2 Å². The van der Waals surface area contributed by atoms with Gasteiger partial charge in [0.1, 0.15) is 11.8 Å². The van der Waals surface area contributed by atoms with Crippen molar-refractivity contribution in [3.8, 4) is 17.5 Å². The first-order chi connectivity index (χ1) is 13.7. The largest absolute Gasteiger partial charge is 0.442 e. The topological polar surface area (TPSA) is 103 Å². The van der Waals surface area contributed by atoms with Gasteiger partial charge in [-0.15, -0.1) is 0 Å². The Bertz CT molecular complexity index is 1200. The molecule has 5 rings (SSSR count). The van der Waals surface area contributed by atoms with Gasteiger partial charge in [0.25, 0.3) is 0 Å². The van der Waals surface area contributed by atoms with E-state index >= 15 is 0 Å². The van der Waals surface area contributed by atoms with Crippen LogP contribution in [-0.2, 0) is 6.42 Å². The fourth-order valence-corrected chi connectivity index (χ4v) is 3.88. The third-order valence-electron chi connectivity index (χ3n) is 5.28. The molecule has 0 fully saturated rings. The van der Waals surface area contributed by atoms with Gasteiger partial charge in [0.15, 0.2) is 12.2 Å². The molecule has 1 aliphatic carbocycles. The van der Waals surface area contributed by atoms with Crippen molar-refractivity contribution in [3.63, 3.8) is 0 Å². The summed E-state index contributed by atoms with van der Waals surface area (Å²) >= 11 is 0. The second kappa shape index (κ2) is 6.50. The van der Waals surface area contributed by atoms with Crippen LogP contribution in [0, 0.1) is 18.3 Å². The number of aromatic nitrogens is 4. The summed E-state index contributed by atoms with van der Waals surface area (Å²) in [7, 11) is 0. The van der Waals surface area contributed by atoms with Gasteiger partial charge in [-0.25, -0.2) is 4.98 Å². The monoisotopic (exact) mass is 370 g/mol. The van der Waals surface area contributed by atoms with Crippen LogP contribution >= 0.6 is 0 Å². The Kier molecular flexibility index (Phi) is 3.83. The van der Waals surface area contributed by atoms with E-state index in [9.17, 15) is 5.26 Å². The molecule has 4 aromatic rings. The summed E-state index contributed by atoms with van der Waals surface area (Å²) in [6.45, 7) is 1.89. The van der Waals surface area contributed by atoms with E-state index in [0.29, 0.717) is 11.3 Å². The zero-order valence-electron chi connectivity index (χ0n) is 15.4. The Morgan fingerprint density at radius 2 is 2.25 bits per heavy atom. The summed E-state index contributed by atoms with van der Waals surface area (Å²) in [5.74, 6) is 0.632. The van der Waals surface area contributed by atoms with Crippen LogP contribution in [0.15, 0.2) is 41.3 Å². The number of H-pyrrole nitrogens is 1. The Balaban J connectivity index is 1.51. The predicted molar refractivity (Wildman–Crippen MR) is 105 cm³/mol. The molecule has 7 nitrogen and oxygen atoms in total. The van der Waals surface area contributed by atoms with Crippen LogP contribution in [0.5, 0.6) is 0 Å². The number of nitrogens with one attached hydrogen (secondary N) is 2. The van der Waals surface area contributed by atoms with Gasteiger partial charge in [-0.05, 0) is 56.0 Å². The molecule has 0 saturated carbocycles. The third kappa shape index (κ3) is 2.70. The number of aromatic amines is 1. The molecule has 2 N–H and O–H groups in total. The highest BCUT2D eigenvalue weighted by molar-refractivity contribution is 5.93. The van der Waals surface area contributed by atoms with Crippen LogP contribution in [0.4, 0.5) is 5.69 Å². The normalized spacial score (nSPS) is 15.9. The highest BCUT2D eigenvalue weighted by atomic mass is 16.3. The van der Waals surface area contributed by atoms with E-state index in [2.05, 4.69) is 32.6 Å². The zero-order valence-corrected chi connectivity index (χ0v) is 15.4. The first kappa shape index (κ1) is 16.5. The van der Waals surface area contributed by atoms with Crippen molar-refractivity contribution in [1.29, 1.82) is 5.26 Å². The molecular formula is C21H18N6O. The number of nitriles is 1. The molecule has 0 radical (unpaired) electrons. The van der Waals surface area contributed by atoms with Crippen molar-refractivity contribution in [3.05, 3.63) is 59.4 Å². The van der Waals surface area contributed by atoms with E-state index in [1.807, 2.05) is 25.1 Å². The number of nitrogens with zero attached hydrogens (tertiary/aromatic N) is 4. The van der Waals surface area contributed by atoms with Gasteiger partial charge in [-0.2, -0.15) is 10.4 Å². The van der Waals surface area contributed by atoms with Crippen molar-refractivity contribution in [2.75, 3.05) is 5.32 Å². The van der Waals surface area contributed by atoms with Gasteiger partial charge in [0.05, 0.1) is 34.7 Å². The lowest BCUT2D eigenvalue weighted by molar-refractivity contribution is 0.570. The van der Waals surface area contributed by atoms with Gasteiger partial charge >= 0.3 is 0 Å². The zero-order chi connectivity index (χ0) is 19.1. The first-order valence-corrected chi connectivity index (χ1v) is 9.27. The molecule has 138 valence electrons. The Hall–Kier alpha value is -3.66. The molecule has 3 heterocycles. The lowest BCUT2D eigenvalue weighted by atomic mass is 9.90. The second-order valence-electron chi connectivity index (χ2n) is 7.06. The average Bonchev–Trinajstić information content (AvgIpc) is 3.37. The van der Waals surface area contributed by atoms with Gasteiger partial charge < -0.3 is 9.73 Å². The predicted octanol–water partition coefficient (Wildman–Crippen LogP) is 4.28. The molecule has 1 aromatic carbocycles. The quantitative estimate of drug-likeness (QED) is 0.558. The number of benzene rings is 1. The molecule has 0 spiro atoms. The molecule has 7 heteroatoms. The molecule has 0 aliphatic heterocycles. The maximum absolute atomic E-state index is 9.28. The van der Waals surface area contributed by atoms with E-state index in [0.717, 1.165) is 58.5 Å². The van der Waals surface area contributed by atoms with Crippen molar-refractivity contribution in [2.24, 2.45) is 0 Å². The number of anilines is 1. The lowest BCUT2D eigenvalue weighted by Gasteiger charge is -2.27. The molecule has 0 unspecified atom stereocenters. The molecule has 0 amide bonds. The van der Waals surface area contributed by atoms with Crippen molar-refractivity contribution >= 4 is 16.6 Å². The van der Waals surface area contributed by atoms with Crippen molar-refractivity contribution < 1.29 is 4.42 Å². The Morgan fingerprint density at radius 3 is 3.07 bits per heavy atom. The van der Waals surface area contributed by atoms with Crippen LogP contribution in [0.2, 0.25) is 0 Å². The van der Waals surface area contributed by atoms with Crippen molar-refractivity contribution in [2.45, 2.75) is 32.2 Å². The molecule has 3 aromatic heterocycles. The minimum Gasteiger partial charge on any atom is -0.442 e. The molecule has 1 aliphatic rings. The smallest absolute Gasteiger partial charge is 0.181 e. The summed E-state index contributed by atoms with van der Waals surface area (Å²) in [5, 5.41) is 21.3. The lowest BCUT2D eigenvalue weighted by Crippen LogP contribution is -2.20. The number of pyridine rings is 1.